The van der Waals surface area contributed by atoms with Crippen molar-refractivity contribution in [1.29, 1.82) is 0 Å². The average Bonchev–Trinajstić information content (AvgIpc) is 3.17. The average molecular weight is 320 g/mol. The predicted molar refractivity (Wildman–Crippen MR) is 83.3 cm³/mol. The first-order chi connectivity index (χ1) is 10.6. The molecule has 2 saturated heterocycles. The number of amides is 2. The van der Waals surface area contributed by atoms with Crippen LogP contribution in [0, 0.1) is 0 Å². The van der Waals surface area contributed by atoms with Crippen LogP contribution in [0.5, 0.6) is 0 Å². The van der Waals surface area contributed by atoms with Crippen molar-refractivity contribution in [3.63, 3.8) is 0 Å². The Morgan fingerprint density at radius 3 is 2.91 bits per heavy atom. The third-order valence-electron chi connectivity index (χ3n) is 5.04. The van der Waals surface area contributed by atoms with Gasteiger partial charge in [0.2, 0.25) is 0 Å². The summed E-state index contributed by atoms with van der Waals surface area (Å²) in [5.74, 6) is 0.113. The predicted octanol–water partition coefficient (Wildman–Crippen LogP) is 2.29. The van der Waals surface area contributed by atoms with Gasteiger partial charge in [-0.25, -0.2) is 4.79 Å². The van der Waals surface area contributed by atoms with E-state index in [2.05, 4.69) is 0 Å². The van der Waals surface area contributed by atoms with Crippen molar-refractivity contribution < 1.29 is 14.3 Å². The minimum Gasteiger partial charge on any atom is -0.439 e. The second kappa shape index (κ2) is 4.98. The van der Waals surface area contributed by atoms with E-state index in [0.29, 0.717) is 19.6 Å². The second-order valence-corrected chi connectivity index (χ2v) is 7.61. The first kappa shape index (κ1) is 14.1. The van der Waals surface area contributed by atoms with Crippen LogP contribution in [0.2, 0.25) is 0 Å². The third-order valence-corrected chi connectivity index (χ3v) is 6.12. The van der Waals surface area contributed by atoms with Gasteiger partial charge in [-0.3, -0.25) is 4.79 Å². The van der Waals surface area contributed by atoms with Crippen molar-refractivity contribution in [2.24, 2.45) is 0 Å². The molecule has 22 heavy (non-hydrogen) atoms. The molecule has 0 aromatic carbocycles. The summed E-state index contributed by atoms with van der Waals surface area (Å²) in [6.45, 7) is 1.77. The Morgan fingerprint density at radius 2 is 2.14 bits per heavy atom. The number of fused-ring (bicyclic) bond motifs is 1. The number of likely N-dealkylation sites (tertiary alicyclic amines) is 1. The highest BCUT2D eigenvalue weighted by Crippen LogP contribution is 2.35. The molecule has 0 bridgehead atoms. The summed E-state index contributed by atoms with van der Waals surface area (Å²) in [5.41, 5.74) is 1.66. The van der Waals surface area contributed by atoms with E-state index in [1.165, 1.54) is 23.3 Å². The first-order valence-electron chi connectivity index (χ1n) is 7.91. The number of carbonyl (C=O) groups is 2. The Bertz CT molecular complexity index is 641. The molecule has 1 aromatic rings. The molecule has 2 fully saturated rings. The summed E-state index contributed by atoms with van der Waals surface area (Å²) in [4.78, 5) is 29.3. The van der Waals surface area contributed by atoms with Crippen LogP contribution in [0.4, 0.5) is 4.79 Å². The van der Waals surface area contributed by atoms with Gasteiger partial charge in [-0.2, -0.15) is 0 Å². The number of nitrogens with zero attached hydrogens (tertiary/aromatic N) is 2. The molecule has 118 valence electrons. The highest BCUT2D eigenvalue weighted by Gasteiger charge is 2.49. The monoisotopic (exact) mass is 320 g/mol. The van der Waals surface area contributed by atoms with E-state index >= 15 is 0 Å². The molecular formula is C16H20N2O3S. The molecule has 0 unspecified atom stereocenters. The quantitative estimate of drug-likeness (QED) is 0.798. The second-order valence-electron chi connectivity index (χ2n) is 6.64. The fourth-order valence-electron chi connectivity index (χ4n) is 3.87. The zero-order valence-corrected chi connectivity index (χ0v) is 13.6. The Morgan fingerprint density at radius 1 is 1.32 bits per heavy atom. The van der Waals surface area contributed by atoms with Crippen LogP contribution in [0.3, 0.4) is 0 Å². The molecule has 0 radical (unpaired) electrons. The Balaban J connectivity index is 1.53. The number of likely N-dealkylation sites (N-methyl/N-ethyl adjacent to an activating group) is 1. The molecule has 1 aliphatic carbocycles. The molecule has 3 heterocycles. The highest BCUT2D eigenvalue weighted by atomic mass is 32.1. The van der Waals surface area contributed by atoms with Gasteiger partial charge >= 0.3 is 6.09 Å². The number of rotatable bonds is 1. The maximum Gasteiger partial charge on any atom is 0.410 e. The molecule has 0 N–H and O–H groups in total. The molecule has 3 aliphatic rings. The lowest BCUT2D eigenvalue weighted by Crippen LogP contribution is -2.39. The summed E-state index contributed by atoms with van der Waals surface area (Å²) < 4.78 is 5.53. The number of carbonyl (C=O) groups excluding carboxylic acids is 2. The summed E-state index contributed by atoms with van der Waals surface area (Å²) in [6.07, 6.45) is 5.01. The number of thiophene rings is 1. The fourth-order valence-corrected chi connectivity index (χ4v) is 4.99. The summed E-state index contributed by atoms with van der Waals surface area (Å²) in [7, 11) is 1.75. The maximum atomic E-state index is 12.9. The molecule has 6 heteroatoms. The van der Waals surface area contributed by atoms with Crippen LogP contribution in [-0.2, 0) is 17.6 Å². The topological polar surface area (TPSA) is 49.9 Å². The van der Waals surface area contributed by atoms with Gasteiger partial charge in [0, 0.05) is 30.3 Å². The van der Waals surface area contributed by atoms with Gasteiger partial charge < -0.3 is 14.5 Å². The van der Waals surface area contributed by atoms with E-state index in [9.17, 15) is 9.59 Å². The Kier molecular flexibility index (Phi) is 3.18. The van der Waals surface area contributed by atoms with Gasteiger partial charge in [-0.05, 0) is 31.2 Å². The number of hydrogen-bond donors (Lipinski definition) is 0. The van der Waals surface area contributed by atoms with Crippen LogP contribution in [0.25, 0.3) is 0 Å². The largest absolute Gasteiger partial charge is 0.439 e. The van der Waals surface area contributed by atoms with Crippen LogP contribution in [0.15, 0.2) is 5.38 Å². The number of ether oxygens (including phenoxy) is 1. The van der Waals surface area contributed by atoms with Crippen molar-refractivity contribution in [2.45, 2.75) is 37.7 Å². The van der Waals surface area contributed by atoms with E-state index < -0.39 is 5.60 Å². The van der Waals surface area contributed by atoms with Gasteiger partial charge in [-0.15, -0.1) is 11.3 Å². The van der Waals surface area contributed by atoms with Crippen molar-refractivity contribution in [3.05, 3.63) is 21.4 Å². The van der Waals surface area contributed by atoms with Gasteiger partial charge in [0.1, 0.15) is 0 Å². The zero-order valence-electron chi connectivity index (χ0n) is 12.8. The van der Waals surface area contributed by atoms with Gasteiger partial charge in [-0.1, -0.05) is 0 Å². The molecule has 1 spiro atoms. The molecule has 2 amide bonds. The molecular weight excluding hydrogens is 300 g/mol. The molecule has 1 aromatic heterocycles. The van der Waals surface area contributed by atoms with Gasteiger partial charge in [0.05, 0.1) is 18.7 Å². The minimum absolute atomic E-state index is 0.113. The Hall–Kier alpha value is -1.56. The fraction of sp³-hybridized carbons (Fsp3) is 0.625. The van der Waals surface area contributed by atoms with E-state index in [1.54, 1.807) is 23.3 Å². The lowest BCUT2D eigenvalue weighted by molar-refractivity contribution is 0.0552. The maximum absolute atomic E-state index is 12.9. The molecule has 2 aliphatic heterocycles. The lowest BCUT2D eigenvalue weighted by atomic mass is 9.95. The van der Waals surface area contributed by atoms with Gasteiger partial charge in [0.15, 0.2) is 5.60 Å². The van der Waals surface area contributed by atoms with E-state index in [1.807, 2.05) is 10.3 Å². The van der Waals surface area contributed by atoms with Crippen LogP contribution in [-0.4, -0.2) is 54.1 Å². The number of aryl methyl sites for hydroxylation is 1. The first-order valence-corrected chi connectivity index (χ1v) is 8.79. The van der Waals surface area contributed by atoms with Crippen LogP contribution < -0.4 is 0 Å². The van der Waals surface area contributed by atoms with E-state index in [-0.39, 0.29) is 12.0 Å². The van der Waals surface area contributed by atoms with Crippen LogP contribution in [0.1, 0.15) is 40.1 Å². The van der Waals surface area contributed by atoms with Gasteiger partial charge in [0.25, 0.3) is 5.91 Å². The summed E-state index contributed by atoms with van der Waals surface area (Å²) in [5, 5.41) is 2.02. The normalized spacial score (nSPS) is 27.4. The lowest BCUT2D eigenvalue weighted by Gasteiger charge is -2.22. The smallest absolute Gasteiger partial charge is 0.410 e. The highest BCUT2D eigenvalue weighted by molar-refractivity contribution is 7.10. The minimum atomic E-state index is -0.489. The van der Waals surface area contributed by atoms with Crippen LogP contribution >= 0.6 is 11.3 Å². The van der Waals surface area contributed by atoms with Crippen molar-refractivity contribution in [3.8, 4) is 0 Å². The SMILES string of the molecule is CN1C[C@@]2(CCN(C(=O)c3csc4c3CCCC4)C2)OC1=O. The van der Waals surface area contributed by atoms with Crippen molar-refractivity contribution in [1.82, 2.24) is 9.80 Å². The summed E-state index contributed by atoms with van der Waals surface area (Å²) in [6, 6.07) is 0. The van der Waals surface area contributed by atoms with E-state index in [0.717, 1.165) is 24.8 Å². The third kappa shape index (κ3) is 2.12. The number of hydrogen-bond acceptors (Lipinski definition) is 4. The molecule has 4 rings (SSSR count). The van der Waals surface area contributed by atoms with Crippen molar-refractivity contribution in [2.75, 3.05) is 26.7 Å². The molecule has 1 atom stereocenters. The van der Waals surface area contributed by atoms with Crippen molar-refractivity contribution >= 4 is 23.3 Å². The standard InChI is InChI=1S/C16H20N2O3S/c1-17-9-16(21-15(17)20)6-7-18(10-16)14(19)12-8-22-13-5-3-2-4-11(12)13/h8H,2-7,9-10H2,1H3/t16-/m1/s1. The van der Waals surface area contributed by atoms with E-state index in [4.69, 9.17) is 4.74 Å². The summed E-state index contributed by atoms with van der Waals surface area (Å²) >= 11 is 1.72. The zero-order chi connectivity index (χ0) is 15.3. The molecule has 5 nitrogen and oxygen atoms in total. The Labute approximate surface area is 133 Å². The molecule has 0 saturated carbocycles.